The van der Waals surface area contributed by atoms with Crippen LogP contribution in [0.25, 0.3) is 0 Å². The molecular weight excluding hydrogens is 274 g/mol. The summed E-state index contributed by atoms with van der Waals surface area (Å²) >= 11 is 0. The molecule has 2 atom stereocenters. The van der Waals surface area contributed by atoms with Crippen molar-refractivity contribution in [3.05, 3.63) is 0 Å². The number of Topliss-reactive ketones (excluding diaryl/α,β-unsaturated/α-hetero) is 1. The van der Waals surface area contributed by atoms with Crippen LogP contribution in [0.3, 0.4) is 0 Å². The van der Waals surface area contributed by atoms with Crippen LogP contribution in [0.5, 0.6) is 0 Å². The van der Waals surface area contributed by atoms with E-state index in [0.717, 1.165) is 6.42 Å². The molecule has 0 aromatic heterocycles. The Labute approximate surface area is 136 Å². The highest BCUT2D eigenvalue weighted by molar-refractivity contribution is 5.91. The van der Waals surface area contributed by atoms with Crippen molar-refractivity contribution in [2.45, 2.75) is 92.5 Å². The molecule has 0 aliphatic heterocycles. The van der Waals surface area contributed by atoms with Gasteiger partial charge in [-0.05, 0) is 30.1 Å². The lowest BCUT2D eigenvalue weighted by atomic mass is 9.82. The fourth-order valence-corrected chi connectivity index (χ4v) is 3.75. The van der Waals surface area contributed by atoms with Crippen LogP contribution in [-0.4, -0.2) is 17.7 Å². The molecule has 1 N–H and O–H groups in total. The maximum Gasteiger partial charge on any atom is 0.224 e. The van der Waals surface area contributed by atoms with Crippen molar-refractivity contribution in [2.75, 3.05) is 0 Å². The van der Waals surface area contributed by atoms with E-state index in [0.29, 0.717) is 11.8 Å². The number of hydrogen-bond acceptors (Lipinski definition) is 2. The molecule has 3 heteroatoms. The van der Waals surface area contributed by atoms with E-state index in [2.05, 4.69) is 5.32 Å². The Morgan fingerprint density at radius 2 is 1.68 bits per heavy atom. The molecule has 3 nitrogen and oxygen atoms in total. The van der Waals surface area contributed by atoms with E-state index in [4.69, 9.17) is 0 Å². The number of carbonyl (C=O) groups excluding carboxylic acids is 2. The summed E-state index contributed by atoms with van der Waals surface area (Å²) < 4.78 is 0. The van der Waals surface area contributed by atoms with Gasteiger partial charge in [-0.25, -0.2) is 0 Å². The molecule has 0 aromatic carbocycles. The van der Waals surface area contributed by atoms with E-state index in [1.54, 1.807) is 0 Å². The first-order chi connectivity index (χ1) is 10.3. The number of nitrogens with one attached hydrogen (secondary N) is 1. The SMILES string of the molecule is CC.CCC(=O)C(NC(=O)C1CC12CCCCC2)C(C)(C)C. The summed E-state index contributed by atoms with van der Waals surface area (Å²) in [5.74, 6) is 0.426. The molecule has 0 heterocycles. The third-order valence-corrected chi connectivity index (χ3v) is 5.18. The topological polar surface area (TPSA) is 46.2 Å². The van der Waals surface area contributed by atoms with Gasteiger partial charge in [-0.2, -0.15) is 0 Å². The molecule has 1 amide bonds. The van der Waals surface area contributed by atoms with Crippen LogP contribution in [0, 0.1) is 16.7 Å². The molecule has 2 rings (SSSR count). The Morgan fingerprint density at radius 3 is 2.14 bits per heavy atom. The summed E-state index contributed by atoms with van der Waals surface area (Å²) in [6, 6.07) is -0.346. The van der Waals surface area contributed by atoms with Crippen molar-refractivity contribution in [3.63, 3.8) is 0 Å². The molecule has 2 aliphatic carbocycles. The minimum Gasteiger partial charge on any atom is -0.346 e. The number of rotatable bonds is 4. The van der Waals surface area contributed by atoms with Gasteiger partial charge in [0.15, 0.2) is 5.78 Å². The van der Waals surface area contributed by atoms with Crippen LogP contribution in [0.1, 0.15) is 86.5 Å². The zero-order valence-corrected chi connectivity index (χ0v) is 15.4. The highest BCUT2D eigenvalue weighted by atomic mass is 16.2. The zero-order chi connectivity index (χ0) is 17.0. The summed E-state index contributed by atoms with van der Waals surface area (Å²) in [7, 11) is 0. The normalized spacial score (nSPS) is 24.0. The molecule has 2 saturated carbocycles. The van der Waals surface area contributed by atoms with Gasteiger partial charge < -0.3 is 5.32 Å². The maximum atomic E-state index is 12.5. The molecule has 0 radical (unpaired) electrons. The van der Waals surface area contributed by atoms with E-state index in [9.17, 15) is 9.59 Å². The Bertz CT molecular complexity index is 389. The van der Waals surface area contributed by atoms with E-state index in [1.165, 1.54) is 32.1 Å². The van der Waals surface area contributed by atoms with Crippen LogP contribution in [0.4, 0.5) is 0 Å². The third kappa shape index (κ3) is 4.33. The molecule has 0 saturated heterocycles. The van der Waals surface area contributed by atoms with Gasteiger partial charge >= 0.3 is 0 Å². The maximum absolute atomic E-state index is 12.5. The van der Waals surface area contributed by atoms with E-state index >= 15 is 0 Å². The smallest absolute Gasteiger partial charge is 0.224 e. The second-order valence-electron chi connectivity index (χ2n) is 7.81. The van der Waals surface area contributed by atoms with Crippen LogP contribution < -0.4 is 5.32 Å². The van der Waals surface area contributed by atoms with Crippen molar-refractivity contribution in [2.24, 2.45) is 16.7 Å². The van der Waals surface area contributed by atoms with Gasteiger partial charge in [-0.3, -0.25) is 9.59 Å². The van der Waals surface area contributed by atoms with E-state index in [1.807, 2.05) is 41.5 Å². The average Bonchev–Trinajstić information content (AvgIpc) is 3.18. The van der Waals surface area contributed by atoms with Crippen molar-refractivity contribution < 1.29 is 9.59 Å². The summed E-state index contributed by atoms with van der Waals surface area (Å²) in [5, 5.41) is 3.05. The van der Waals surface area contributed by atoms with Gasteiger partial charge in [0.1, 0.15) is 0 Å². The Balaban J connectivity index is 0.00000116. The van der Waals surface area contributed by atoms with Gasteiger partial charge in [0.25, 0.3) is 0 Å². The minimum atomic E-state index is -0.346. The number of ketones is 1. The summed E-state index contributed by atoms with van der Waals surface area (Å²) in [6.07, 6.45) is 7.77. The standard InChI is InChI=1S/C17H29NO2.C2H6/c1-5-13(19)14(16(2,3)4)18-15(20)12-11-17(12)9-7-6-8-10-17;1-2/h12,14H,5-11H2,1-4H3,(H,18,20);1-2H3. The van der Waals surface area contributed by atoms with Crippen molar-refractivity contribution in [1.29, 1.82) is 0 Å². The van der Waals surface area contributed by atoms with Gasteiger partial charge in [-0.15, -0.1) is 0 Å². The quantitative estimate of drug-likeness (QED) is 0.831. The highest BCUT2D eigenvalue weighted by Gasteiger charge is 2.57. The highest BCUT2D eigenvalue weighted by Crippen LogP contribution is 2.61. The number of hydrogen-bond donors (Lipinski definition) is 1. The number of carbonyl (C=O) groups is 2. The molecule has 2 aliphatic rings. The van der Waals surface area contributed by atoms with Crippen LogP contribution in [0.2, 0.25) is 0 Å². The third-order valence-electron chi connectivity index (χ3n) is 5.18. The first-order valence-electron chi connectivity index (χ1n) is 9.13. The molecule has 2 fully saturated rings. The van der Waals surface area contributed by atoms with Crippen LogP contribution in [-0.2, 0) is 9.59 Å². The van der Waals surface area contributed by atoms with Crippen LogP contribution in [0.15, 0.2) is 0 Å². The molecule has 0 bridgehead atoms. The summed E-state index contributed by atoms with van der Waals surface area (Å²) in [4.78, 5) is 24.6. The monoisotopic (exact) mass is 309 g/mol. The lowest BCUT2D eigenvalue weighted by molar-refractivity contribution is -0.131. The van der Waals surface area contributed by atoms with Crippen molar-refractivity contribution in [1.82, 2.24) is 5.32 Å². The average molecular weight is 309 g/mol. The molecule has 1 spiro atoms. The lowest BCUT2D eigenvalue weighted by Crippen LogP contribution is -2.49. The van der Waals surface area contributed by atoms with Gasteiger partial charge in [0, 0.05) is 12.3 Å². The zero-order valence-electron chi connectivity index (χ0n) is 15.4. The first kappa shape index (κ1) is 19.2. The Hall–Kier alpha value is -0.860. The van der Waals surface area contributed by atoms with Crippen molar-refractivity contribution in [3.8, 4) is 0 Å². The fourth-order valence-electron chi connectivity index (χ4n) is 3.75. The van der Waals surface area contributed by atoms with Crippen molar-refractivity contribution >= 4 is 11.7 Å². The fraction of sp³-hybridized carbons (Fsp3) is 0.895. The lowest BCUT2D eigenvalue weighted by Gasteiger charge is -2.31. The number of amides is 1. The van der Waals surface area contributed by atoms with E-state index < -0.39 is 0 Å². The first-order valence-corrected chi connectivity index (χ1v) is 9.13. The molecule has 22 heavy (non-hydrogen) atoms. The summed E-state index contributed by atoms with van der Waals surface area (Å²) in [6.45, 7) is 11.9. The second kappa shape index (κ2) is 7.61. The Morgan fingerprint density at radius 1 is 1.14 bits per heavy atom. The Kier molecular flexibility index (Phi) is 6.64. The minimum absolute atomic E-state index is 0.119. The largest absolute Gasteiger partial charge is 0.346 e. The van der Waals surface area contributed by atoms with Gasteiger partial charge in [0.2, 0.25) is 5.91 Å². The molecule has 128 valence electrons. The van der Waals surface area contributed by atoms with Crippen LogP contribution >= 0.6 is 0 Å². The predicted octanol–water partition coefficient (Wildman–Crippen LogP) is 4.49. The summed E-state index contributed by atoms with van der Waals surface area (Å²) in [5.41, 5.74) is 0.0808. The molecule has 2 unspecified atom stereocenters. The predicted molar refractivity (Wildman–Crippen MR) is 91.7 cm³/mol. The van der Waals surface area contributed by atoms with Gasteiger partial charge in [0.05, 0.1) is 6.04 Å². The molecule has 0 aromatic rings. The van der Waals surface area contributed by atoms with E-state index in [-0.39, 0.29) is 29.1 Å². The molecular formula is C19H35NO2. The van der Waals surface area contributed by atoms with Gasteiger partial charge in [-0.1, -0.05) is 60.8 Å². The second-order valence-corrected chi connectivity index (χ2v) is 7.81.